The molecule has 1 fully saturated rings. The Bertz CT molecular complexity index is 1080. The van der Waals surface area contributed by atoms with Crippen molar-refractivity contribution in [3.63, 3.8) is 0 Å². The van der Waals surface area contributed by atoms with Crippen LogP contribution in [0.4, 0.5) is 15.9 Å². The van der Waals surface area contributed by atoms with E-state index in [-0.39, 0.29) is 28.5 Å². The Hall–Kier alpha value is -2.42. The van der Waals surface area contributed by atoms with E-state index in [9.17, 15) is 9.50 Å². The molecule has 1 aliphatic rings. The molecule has 7 nitrogen and oxygen atoms in total. The van der Waals surface area contributed by atoms with Crippen molar-refractivity contribution in [2.45, 2.75) is 32.4 Å². The van der Waals surface area contributed by atoms with Crippen molar-refractivity contribution >= 4 is 34.1 Å². The van der Waals surface area contributed by atoms with Crippen LogP contribution in [0.5, 0.6) is 0 Å². The number of aromatic amines is 1. The van der Waals surface area contributed by atoms with E-state index in [0.29, 0.717) is 42.0 Å². The van der Waals surface area contributed by atoms with Gasteiger partial charge in [0.15, 0.2) is 11.6 Å². The fourth-order valence-electron chi connectivity index (χ4n) is 3.88. The number of nitrogens with one attached hydrogen (secondary N) is 2. The molecule has 0 unspecified atom stereocenters. The van der Waals surface area contributed by atoms with Crippen LogP contribution in [0.2, 0.25) is 5.15 Å². The first-order valence-electron chi connectivity index (χ1n) is 9.99. The number of hydrogen-bond acceptors (Lipinski definition) is 6. The highest BCUT2D eigenvalue weighted by Gasteiger charge is 2.38. The second-order valence-corrected chi connectivity index (χ2v) is 8.66. The zero-order valence-corrected chi connectivity index (χ0v) is 18.0. The molecule has 0 saturated carbocycles. The van der Waals surface area contributed by atoms with Crippen molar-refractivity contribution < 1.29 is 9.50 Å². The lowest BCUT2D eigenvalue weighted by molar-refractivity contribution is -0.0231. The highest BCUT2D eigenvalue weighted by molar-refractivity contribution is 6.34. The third-order valence-electron chi connectivity index (χ3n) is 6.10. The van der Waals surface area contributed by atoms with Gasteiger partial charge in [-0.15, -0.1) is 0 Å². The molecule has 5 N–H and O–H groups in total. The van der Waals surface area contributed by atoms with Gasteiger partial charge in [0, 0.05) is 42.8 Å². The fraction of sp³-hybridized carbons (Fsp3) is 0.429. The summed E-state index contributed by atoms with van der Waals surface area (Å²) < 4.78 is 14.9. The van der Waals surface area contributed by atoms with E-state index in [0.717, 1.165) is 0 Å². The summed E-state index contributed by atoms with van der Waals surface area (Å²) >= 11 is 6.38. The maximum atomic E-state index is 14.9. The SMILES string of the molecule is CC(C)[C@@](C)(O)[C@@H]1CN(c2nc(-c3c(Cl)[nH]c4ncccc34)c(F)cc2N)CCN1. The number of halogens is 2. The summed E-state index contributed by atoms with van der Waals surface area (Å²) in [6, 6.07) is 4.68. The standard InChI is InChI=1S/C21H26ClFN6O/c1-11(2)21(3,30)15-10-29(8-7-25-15)20-14(24)9-13(23)17(27-20)16-12-5-4-6-26-19(12)28-18(16)22/h4-6,9,11,15,25,30H,7-8,10,24H2,1-3H3,(H,26,28)/t15-,21+/m0/s1. The van der Waals surface area contributed by atoms with E-state index < -0.39 is 11.4 Å². The Morgan fingerprint density at radius 3 is 2.93 bits per heavy atom. The van der Waals surface area contributed by atoms with Gasteiger partial charge in [-0.1, -0.05) is 25.4 Å². The van der Waals surface area contributed by atoms with Crippen LogP contribution in [0.1, 0.15) is 20.8 Å². The fourth-order valence-corrected chi connectivity index (χ4v) is 4.16. The van der Waals surface area contributed by atoms with Crippen LogP contribution >= 0.6 is 11.6 Å². The minimum Gasteiger partial charge on any atom is -0.396 e. The number of nitrogens with zero attached hydrogens (tertiary/aromatic N) is 3. The first-order valence-corrected chi connectivity index (χ1v) is 10.4. The van der Waals surface area contributed by atoms with Gasteiger partial charge < -0.3 is 26.0 Å². The van der Waals surface area contributed by atoms with E-state index in [1.807, 2.05) is 31.7 Å². The van der Waals surface area contributed by atoms with Crippen LogP contribution in [0.25, 0.3) is 22.3 Å². The van der Waals surface area contributed by atoms with Crippen molar-refractivity contribution in [3.05, 3.63) is 35.4 Å². The number of aromatic nitrogens is 3. The molecule has 0 bridgehead atoms. The summed E-state index contributed by atoms with van der Waals surface area (Å²) in [6.45, 7) is 7.57. The highest BCUT2D eigenvalue weighted by Crippen LogP contribution is 2.38. The molecule has 1 aliphatic heterocycles. The smallest absolute Gasteiger partial charge is 0.152 e. The third-order valence-corrected chi connectivity index (χ3v) is 6.38. The Morgan fingerprint density at radius 1 is 1.43 bits per heavy atom. The summed E-state index contributed by atoms with van der Waals surface area (Å²) in [5.41, 5.74) is 6.63. The van der Waals surface area contributed by atoms with Gasteiger partial charge in [-0.25, -0.2) is 14.4 Å². The average molecular weight is 433 g/mol. The van der Waals surface area contributed by atoms with E-state index in [4.69, 9.17) is 17.3 Å². The zero-order valence-electron chi connectivity index (χ0n) is 17.2. The monoisotopic (exact) mass is 432 g/mol. The predicted molar refractivity (Wildman–Crippen MR) is 118 cm³/mol. The molecule has 0 aliphatic carbocycles. The molecule has 2 atom stereocenters. The van der Waals surface area contributed by atoms with Gasteiger partial charge in [-0.2, -0.15) is 0 Å². The minimum absolute atomic E-state index is 0.0570. The van der Waals surface area contributed by atoms with Gasteiger partial charge in [-0.3, -0.25) is 0 Å². The summed E-state index contributed by atoms with van der Waals surface area (Å²) in [4.78, 5) is 13.8. The second-order valence-electron chi connectivity index (χ2n) is 8.28. The molecule has 30 heavy (non-hydrogen) atoms. The molecule has 3 aromatic heterocycles. The molecule has 4 heterocycles. The van der Waals surface area contributed by atoms with E-state index >= 15 is 0 Å². The van der Waals surface area contributed by atoms with Gasteiger partial charge in [0.25, 0.3) is 0 Å². The molecule has 3 aromatic rings. The minimum atomic E-state index is -0.915. The van der Waals surface area contributed by atoms with Crippen molar-refractivity contribution in [3.8, 4) is 11.3 Å². The van der Waals surface area contributed by atoms with Gasteiger partial charge >= 0.3 is 0 Å². The zero-order chi connectivity index (χ0) is 21.6. The van der Waals surface area contributed by atoms with Gasteiger partial charge in [-0.05, 0) is 25.0 Å². The van der Waals surface area contributed by atoms with E-state index in [2.05, 4.69) is 20.3 Å². The molecule has 0 spiro atoms. The van der Waals surface area contributed by atoms with Gasteiger partial charge in [0.2, 0.25) is 0 Å². The van der Waals surface area contributed by atoms with Crippen LogP contribution in [0, 0.1) is 11.7 Å². The second kappa shape index (κ2) is 7.68. The molecular formula is C21H26ClFN6O. The molecule has 160 valence electrons. The lowest BCUT2D eigenvalue weighted by Crippen LogP contribution is -2.62. The maximum Gasteiger partial charge on any atom is 0.152 e. The maximum absolute atomic E-state index is 14.9. The number of piperazine rings is 1. The Balaban J connectivity index is 1.76. The normalized spacial score (nSPS) is 19.4. The van der Waals surface area contributed by atoms with Gasteiger partial charge in [0.1, 0.15) is 16.5 Å². The summed E-state index contributed by atoms with van der Waals surface area (Å²) in [5.74, 6) is -0.0166. The molecule has 4 rings (SSSR count). The largest absolute Gasteiger partial charge is 0.396 e. The number of hydrogen-bond donors (Lipinski definition) is 4. The summed E-state index contributed by atoms with van der Waals surface area (Å²) in [6.07, 6.45) is 1.64. The number of H-pyrrole nitrogens is 1. The number of aliphatic hydroxyl groups is 1. The lowest BCUT2D eigenvalue weighted by atomic mass is 9.84. The third kappa shape index (κ3) is 3.49. The molecule has 0 radical (unpaired) electrons. The topological polar surface area (TPSA) is 103 Å². The number of anilines is 2. The number of pyridine rings is 2. The molecular weight excluding hydrogens is 407 g/mol. The molecule has 0 aromatic carbocycles. The number of nitrogen functional groups attached to an aromatic ring is 1. The highest BCUT2D eigenvalue weighted by atomic mass is 35.5. The molecule has 0 amide bonds. The number of rotatable bonds is 4. The van der Waals surface area contributed by atoms with Crippen LogP contribution in [0.15, 0.2) is 24.4 Å². The van der Waals surface area contributed by atoms with Crippen LogP contribution < -0.4 is 16.0 Å². The number of fused-ring (bicyclic) bond motifs is 1. The van der Waals surface area contributed by atoms with E-state index in [1.54, 1.807) is 12.3 Å². The first kappa shape index (κ1) is 20.8. The molecule has 1 saturated heterocycles. The average Bonchev–Trinajstić information content (AvgIpc) is 3.04. The van der Waals surface area contributed by atoms with Gasteiger partial charge in [0.05, 0.1) is 17.3 Å². The van der Waals surface area contributed by atoms with E-state index in [1.165, 1.54) is 6.07 Å². The Kier molecular flexibility index (Phi) is 5.34. The quantitative estimate of drug-likeness (QED) is 0.505. The van der Waals surface area contributed by atoms with Crippen molar-refractivity contribution in [2.24, 2.45) is 5.92 Å². The van der Waals surface area contributed by atoms with Crippen LogP contribution in [-0.4, -0.2) is 51.3 Å². The van der Waals surface area contributed by atoms with Crippen molar-refractivity contribution in [1.82, 2.24) is 20.3 Å². The van der Waals surface area contributed by atoms with Crippen molar-refractivity contribution in [1.29, 1.82) is 0 Å². The molecule has 9 heteroatoms. The number of nitrogens with two attached hydrogens (primary N) is 1. The summed E-state index contributed by atoms with van der Waals surface area (Å²) in [7, 11) is 0. The first-order chi connectivity index (χ1) is 14.2. The van der Waals surface area contributed by atoms with Crippen LogP contribution in [-0.2, 0) is 0 Å². The lowest BCUT2D eigenvalue weighted by Gasteiger charge is -2.43. The Morgan fingerprint density at radius 2 is 2.20 bits per heavy atom. The van der Waals surface area contributed by atoms with Crippen molar-refractivity contribution in [2.75, 3.05) is 30.3 Å². The predicted octanol–water partition coefficient (Wildman–Crippen LogP) is 3.18. The summed E-state index contributed by atoms with van der Waals surface area (Å²) in [5, 5.41) is 15.3. The Labute approximate surface area is 179 Å². The van der Waals surface area contributed by atoms with Crippen LogP contribution in [0.3, 0.4) is 0 Å².